The van der Waals surface area contributed by atoms with Crippen LogP contribution in [0.1, 0.15) is 64.4 Å². The molecule has 0 fully saturated rings. The average Bonchev–Trinajstić information content (AvgIpc) is 3.49. The number of fused-ring (bicyclic) bond motifs is 1. The van der Waals surface area contributed by atoms with E-state index in [0.29, 0.717) is 64.1 Å². The maximum atomic E-state index is 13.6. The molecule has 270 valence electrons. The van der Waals surface area contributed by atoms with E-state index in [4.69, 9.17) is 9.47 Å². The Bertz CT molecular complexity index is 1980. The number of esters is 1. The molecule has 3 N–H and O–H groups in total. The molecule has 1 aliphatic rings. The third kappa shape index (κ3) is 9.68. The van der Waals surface area contributed by atoms with Crippen molar-refractivity contribution >= 4 is 69.5 Å². The van der Waals surface area contributed by atoms with E-state index in [-0.39, 0.29) is 24.1 Å². The number of thiophene rings is 1. The normalized spacial score (nSPS) is 13.0. The van der Waals surface area contributed by atoms with Crippen LogP contribution >= 0.6 is 23.1 Å². The Hall–Kier alpha value is -5.40. The van der Waals surface area contributed by atoms with Gasteiger partial charge >= 0.3 is 5.97 Å². The second-order valence-corrected chi connectivity index (χ2v) is 14.2. The van der Waals surface area contributed by atoms with Gasteiger partial charge in [-0.3, -0.25) is 19.2 Å². The molecule has 11 nitrogen and oxygen atoms in total. The Kier molecular flexibility index (Phi) is 12.9. The molecule has 0 spiro atoms. The summed E-state index contributed by atoms with van der Waals surface area (Å²) in [6.07, 6.45) is 2.08. The lowest BCUT2D eigenvalue weighted by Gasteiger charge is -2.25. The van der Waals surface area contributed by atoms with Crippen molar-refractivity contribution in [3.63, 3.8) is 0 Å². The van der Waals surface area contributed by atoms with Crippen molar-refractivity contribution < 1.29 is 33.4 Å². The van der Waals surface area contributed by atoms with E-state index >= 15 is 0 Å². The van der Waals surface area contributed by atoms with Crippen molar-refractivity contribution in [1.29, 1.82) is 0 Å². The van der Waals surface area contributed by atoms with Crippen LogP contribution in [0.4, 0.5) is 10.7 Å². The van der Waals surface area contributed by atoms with Gasteiger partial charge < -0.3 is 30.3 Å². The summed E-state index contributed by atoms with van der Waals surface area (Å²) in [6, 6.07) is 22.8. The molecule has 1 aromatic heterocycles. The average molecular weight is 741 g/mol. The Balaban J connectivity index is 1.30. The molecule has 1 aliphatic heterocycles. The summed E-state index contributed by atoms with van der Waals surface area (Å²) in [7, 11) is 0. The third-order valence-electron chi connectivity index (χ3n) is 8.02. The Morgan fingerprint density at radius 2 is 1.69 bits per heavy atom. The van der Waals surface area contributed by atoms with Crippen molar-refractivity contribution in [3.8, 4) is 5.75 Å². The van der Waals surface area contributed by atoms with Crippen molar-refractivity contribution in [2.45, 2.75) is 50.8 Å². The van der Waals surface area contributed by atoms with Gasteiger partial charge in [-0.1, -0.05) is 36.4 Å². The molecular formula is C39H40N4O7S2. The van der Waals surface area contributed by atoms with Gasteiger partial charge in [0.2, 0.25) is 11.8 Å². The molecule has 0 radical (unpaired) electrons. The first-order chi connectivity index (χ1) is 25.1. The lowest BCUT2D eigenvalue weighted by atomic mass is 10.0. The number of carbonyl (C=O) groups is 5. The van der Waals surface area contributed by atoms with Crippen molar-refractivity contribution in [1.82, 2.24) is 10.2 Å². The molecule has 2 heterocycles. The standard InChI is InChI=1S/C39H40N4O7S2/c1-5-49-29-17-15-26(16-18-29)21-32(41-36(46)27-11-8-7-9-12-27)37(47)40-28-13-10-14-30(22-28)51-24(3)35(45)42-38-34(39(48)50-6-2)31-19-20-43(25(4)44)23-33(31)52-38/h7-18,21-22,24H,5-6,19-20,23H2,1-4H3,(H,40,47)(H,41,46)(H,42,45)/b32-21+. The third-order valence-corrected chi connectivity index (χ3v) is 10.2. The largest absolute Gasteiger partial charge is 0.494 e. The van der Waals surface area contributed by atoms with Crippen LogP contribution < -0.4 is 20.7 Å². The van der Waals surface area contributed by atoms with Crippen LogP contribution in [-0.4, -0.2) is 59.5 Å². The molecule has 13 heteroatoms. The maximum absolute atomic E-state index is 13.6. The fraction of sp³-hybridized carbons (Fsp3) is 0.256. The lowest BCUT2D eigenvalue weighted by Crippen LogP contribution is -2.34. The monoisotopic (exact) mass is 740 g/mol. The zero-order chi connectivity index (χ0) is 37.2. The minimum absolute atomic E-state index is 0.0336. The summed E-state index contributed by atoms with van der Waals surface area (Å²) in [6.45, 7) is 8.43. The number of hydrogen-bond donors (Lipinski definition) is 3. The molecule has 0 saturated carbocycles. The van der Waals surface area contributed by atoms with Crippen molar-refractivity contribution in [3.05, 3.63) is 112 Å². The second kappa shape index (κ2) is 17.7. The molecule has 1 unspecified atom stereocenters. The van der Waals surface area contributed by atoms with Gasteiger partial charge in [0, 0.05) is 34.5 Å². The molecule has 4 aromatic rings. The number of thioether (sulfide) groups is 1. The van der Waals surface area contributed by atoms with Crippen LogP contribution in [0, 0.1) is 0 Å². The van der Waals surface area contributed by atoms with Gasteiger partial charge in [-0.15, -0.1) is 23.1 Å². The smallest absolute Gasteiger partial charge is 0.341 e. The van der Waals surface area contributed by atoms with E-state index in [1.165, 1.54) is 30.0 Å². The van der Waals surface area contributed by atoms with E-state index in [0.717, 1.165) is 10.4 Å². The van der Waals surface area contributed by atoms with Crippen LogP contribution in [0.25, 0.3) is 6.08 Å². The van der Waals surface area contributed by atoms with Crippen molar-refractivity contribution in [2.75, 3.05) is 30.4 Å². The van der Waals surface area contributed by atoms with E-state index in [9.17, 15) is 24.0 Å². The summed E-state index contributed by atoms with van der Waals surface area (Å²) in [5.74, 6) is -1.18. The van der Waals surface area contributed by atoms with Gasteiger partial charge in [0.1, 0.15) is 16.4 Å². The quantitative estimate of drug-likeness (QED) is 0.0776. The number of nitrogens with zero attached hydrogens (tertiary/aromatic N) is 1. The molecule has 0 aliphatic carbocycles. The predicted molar refractivity (Wildman–Crippen MR) is 204 cm³/mol. The molecule has 5 rings (SSSR count). The summed E-state index contributed by atoms with van der Waals surface area (Å²) < 4.78 is 10.8. The molecule has 4 amide bonds. The van der Waals surface area contributed by atoms with E-state index in [2.05, 4.69) is 16.0 Å². The first-order valence-electron chi connectivity index (χ1n) is 16.8. The summed E-state index contributed by atoms with van der Waals surface area (Å²) in [5, 5.41) is 8.35. The van der Waals surface area contributed by atoms with Crippen LogP contribution in [0.3, 0.4) is 0 Å². The molecule has 0 bridgehead atoms. The zero-order valence-corrected chi connectivity index (χ0v) is 31.0. The first-order valence-corrected chi connectivity index (χ1v) is 18.5. The highest BCUT2D eigenvalue weighted by atomic mass is 32.2. The number of nitrogens with one attached hydrogen (secondary N) is 3. The number of carbonyl (C=O) groups excluding carboxylic acids is 5. The molecule has 0 saturated heterocycles. The number of ether oxygens (including phenoxy) is 2. The number of benzene rings is 3. The minimum Gasteiger partial charge on any atom is -0.494 e. The molecule has 1 atom stereocenters. The minimum atomic E-state index is -0.589. The fourth-order valence-electron chi connectivity index (χ4n) is 5.43. The zero-order valence-electron chi connectivity index (χ0n) is 29.3. The number of hydrogen-bond acceptors (Lipinski definition) is 9. The van der Waals surface area contributed by atoms with Gasteiger partial charge in [-0.25, -0.2) is 4.79 Å². The van der Waals surface area contributed by atoms with E-state index < -0.39 is 23.0 Å². The number of rotatable bonds is 13. The van der Waals surface area contributed by atoms with Crippen LogP contribution in [0.2, 0.25) is 0 Å². The Morgan fingerprint density at radius 1 is 0.942 bits per heavy atom. The number of anilines is 2. The van der Waals surface area contributed by atoms with Gasteiger partial charge in [0.05, 0.1) is 30.6 Å². The highest BCUT2D eigenvalue weighted by Gasteiger charge is 2.31. The van der Waals surface area contributed by atoms with Gasteiger partial charge in [-0.2, -0.15) is 0 Å². The van der Waals surface area contributed by atoms with Crippen LogP contribution in [0.15, 0.2) is 89.5 Å². The lowest BCUT2D eigenvalue weighted by molar-refractivity contribution is -0.129. The summed E-state index contributed by atoms with van der Waals surface area (Å²) >= 11 is 2.56. The summed E-state index contributed by atoms with van der Waals surface area (Å²) in [5.41, 5.74) is 2.71. The maximum Gasteiger partial charge on any atom is 0.341 e. The predicted octanol–water partition coefficient (Wildman–Crippen LogP) is 6.76. The molecular weight excluding hydrogens is 701 g/mol. The molecule has 52 heavy (non-hydrogen) atoms. The summed E-state index contributed by atoms with van der Waals surface area (Å²) in [4.78, 5) is 68.4. The van der Waals surface area contributed by atoms with Crippen LogP contribution in [0.5, 0.6) is 5.75 Å². The topological polar surface area (TPSA) is 143 Å². The van der Waals surface area contributed by atoms with Gasteiger partial charge in [-0.05, 0) is 86.9 Å². The molecule has 3 aromatic carbocycles. The Labute approximate surface area is 310 Å². The van der Waals surface area contributed by atoms with Crippen LogP contribution in [-0.2, 0) is 32.1 Å². The first kappa shape index (κ1) is 37.8. The number of amides is 4. The Morgan fingerprint density at radius 3 is 2.38 bits per heavy atom. The fourth-order valence-corrected chi connectivity index (χ4v) is 7.61. The highest BCUT2D eigenvalue weighted by Crippen LogP contribution is 2.38. The highest BCUT2D eigenvalue weighted by molar-refractivity contribution is 8.00. The van der Waals surface area contributed by atoms with Crippen molar-refractivity contribution in [2.24, 2.45) is 0 Å². The van der Waals surface area contributed by atoms with E-state index in [1.54, 1.807) is 97.6 Å². The second-order valence-electron chi connectivity index (χ2n) is 11.7. The van der Waals surface area contributed by atoms with Gasteiger partial charge in [0.25, 0.3) is 11.8 Å². The van der Waals surface area contributed by atoms with E-state index in [1.807, 2.05) is 13.0 Å². The SMILES string of the molecule is CCOC(=O)c1c(NC(=O)C(C)Sc2cccc(NC(=O)/C(=C\c3ccc(OCC)cc3)NC(=O)c3ccccc3)c2)sc2c1CCN(C(C)=O)C2. The van der Waals surface area contributed by atoms with Gasteiger partial charge in [0.15, 0.2) is 0 Å².